The van der Waals surface area contributed by atoms with Gasteiger partial charge in [-0.15, -0.1) is 0 Å². The minimum absolute atomic E-state index is 0.140. The van der Waals surface area contributed by atoms with E-state index in [0.29, 0.717) is 17.9 Å². The van der Waals surface area contributed by atoms with Gasteiger partial charge in [-0.1, -0.05) is 22.5 Å². The van der Waals surface area contributed by atoms with Crippen molar-refractivity contribution in [1.82, 2.24) is 4.72 Å². The van der Waals surface area contributed by atoms with Crippen molar-refractivity contribution >= 4 is 37.3 Å². The summed E-state index contributed by atoms with van der Waals surface area (Å²) in [4.78, 5) is 0.140. The molecule has 1 aromatic carbocycles. The van der Waals surface area contributed by atoms with Crippen LogP contribution in [0.25, 0.3) is 0 Å². The van der Waals surface area contributed by atoms with Gasteiger partial charge in [0.05, 0.1) is 16.3 Å². The molecule has 7 heteroatoms. The van der Waals surface area contributed by atoms with Crippen LogP contribution in [-0.2, 0) is 10.0 Å². The van der Waals surface area contributed by atoms with Gasteiger partial charge in [0.25, 0.3) is 0 Å². The first-order valence-electron chi connectivity index (χ1n) is 4.77. The highest BCUT2D eigenvalue weighted by Gasteiger charge is 2.12. The van der Waals surface area contributed by atoms with Gasteiger partial charge in [-0.25, -0.2) is 13.1 Å². The third-order valence-corrected chi connectivity index (χ3v) is 3.77. The van der Waals surface area contributed by atoms with E-state index in [9.17, 15) is 8.42 Å². The number of nitrogens with two attached hydrogens (primary N) is 1. The molecule has 0 fully saturated rings. The van der Waals surface area contributed by atoms with E-state index < -0.39 is 10.0 Å². The fourth-order valence-electron chi connectivity index (χ4n) is 1.18. The Bertz CT molecular complexity index is 528. The highest BCUT2D eigenvalue weighted by molar-refractivity contribution is 9.11. The summed E-state index contributed by atoms with van der Waals surface area (Å²) in [6, 6.07) is 4.52. The third kappa shape index (κ3) is 3.72. The molecule has 0 saturated carbocycles. The predicted molar refractivity (Wildman–Crippen MR) is 73.7 cm³/mol. The first-order valence-corrected chi connectivity index (χ1v) is 7.04. The zero-order chi connectivity index (χ0) is 13.1. The first-order chi connectivity index (χ1) is 7.86. The van der Waals surface area contributed by atoms with Crippen LogP contribution in [0.15, 0.2) is 34.2 Å². The normalized spacial score (nSPS) is 11.2. The molecule has 4 N–H and O–H groups in total. The molecule has 17 heavy (non-hydrogen) atoms. The van der Waals surface area contributed by atoms with Crippen molar-refractivity contribution in [3.05, 3.63) is 29.3 Å². The highest BCUT2D eigenvalue weighted by atomic mass is 79.9. The van der Waals surface area contributed by atoms with Gasteiger partial charge in [-0.3, -0.25) is 0 Å². The molecule has 0 bridgehead atoms. The Balaban J connectivity index is 2.98. The van der Waals surface area contributed by atoms with Gasteiger partial charge in [0, 0.05) is 11.0 Å². The van der Waals surface area contributed by atoms with Crippen molar-refractivity contribution in [3.63, 3.8) is 0 Å². The van der Waals surface area contributed by atoms with Crippen LogP contribution in [0.4, 0.5) is 11.4 Å². The van der Waals surface area contributed by atoms with Crippen LogP contribution in [0.5, 0.6) is 0 Å². The molecule has 0 amide bonds. The molecule has 0 spiro atoms. The Morgan fingerprint density at radius 2 is 2.18 bits per heavy atom. The number of hydrogen-bond donors (Lipinski definition) is 3. The van der Waals surface area contributed by atoms with Crippen LogP contribution in [0.3, 0.4) is 0 Å². The Morgan fingerprint density at radius 3 is 2.65 bits per heavy atom. The lowest BCUT2D eigenvalue weighted by Crippen LogP contribution is -2.18. The summed E-state index contributed by atoms with van der Waals surface area (Å²) < 4.78 is 26.1. The van der Waals surface area contributed by atoms with E-state index in [1.54, 1.807) is 6.07 Å². The van der Waals surface area contributed by atoms with Crippen molar-refractivity contribution < 1.29 is 8.42 Å². The number of anilines is 2. The van der Waals surface area contributed by atoms with Crippen molar-refractivity contribution in [2.24, 2.45) is 0 Å². The molecule has 0 aliphatic heterocycles. The van der Waals surface area contributed by atoms with E-state index in [2.05, 4.69) is 32.5 Å². The largest absolute Gasteiger partial charge is 0.397 e. The van der Waals surface area contributed by atoms with Crippen LogP contribution in [0, 0.1) is 0 Å². The highest BCUT2D eigenvalue weighted by Crippen LogP contribution is 2.22. The molecule has 0 saturated heterocycles. The molecular formula is C10H14BrN3O2S. The molecule has 0 aliphatic rings. The standard InChI is InChI=1S/C10H14BrN3O2S/c1-7(11)6-14-10-4-3-8(5-9(10)12)17(15,16)13-2/h3-5,13-14H,1,6,12H2,2H3. The number of nitrogens with one attached hydrogen (secondary N) is 2. The summed E-state index contributed by atoms with van der Waals surface area (Å²) in [5.41, 5.74) is 6.80. The van der Waals surface area contributed by atoms with Crippen LogP contribution < -0.4 is 15.8 Å². The fourth-order valence-corrected chi connectivity index (χ4v) is 2.08. The third-order valence-electron chi connectivity index (χ3n) is 2.07. The van der Waals surface area contributed by atoms with Gasteiger partial charge in [-0.05, 0) is 25.2 Å². The quantitative estimate of drug-likeness (QED) is 0.718. The molecule has 94 valence electrons. The summed E-state index contributed by atoms with van der Waals surface area (Å²) >= 11 is 3.21. The zero-order valence-electron chi connectivity index (χ0n) is 9.33. The topological polar surface area (TPSA) is 84.2 Å². The van der Waals surface area contributed by atoms with Crippen molar-refractivity contribution in [2.75, 3.05) is 24.6 Å². The van der Waals surface area contributed by atoms with Gasteiger partial charge in [0.1, 0.15) is 0 Å². The number of hydrogen-bond acceptors (Lipinski definition) is 4. The lowest BCUT2D eigenvalue weighted by molar-refractivity contribution is 0.588. The van der Waals surface area contributed by atoms with E-state index in [1.165, 1.54) is 19.2 Å². The fraction of sp³-hybridized carbons (Fsp3) is 0.200. The molecule has 0 unspecified atom stereocenters. The van der Waals surface area contributed by atoms with Crippen LogP contribution in [0.2, 0.25) is 0 Å². The molecule has 0 radical (unpaired) electrons. The predicted octanol–water partition coefficient (Wildman–Crippen LogP) is 1.50. The number of rotatable bonds is 5. The second-order valence-corrected chi connectivity index (χ2v) is 6.34. The van der Waals surface area contributed by atoms with E-state index in [4.69, 9.17) is 5.73 Å². The van der Waals surface area contributed by atoms with E-state index in [-0.39, 0.29) is 4.90 Å². The Hall–Kier alpha value is -1.05. The minimum Gasteiger partial charge on any atom is -0.397 e. The molecule has 1 aromatic rings. The minimum atomic E-state index is -3.45. The van der Waals surface area contributed by atoms with Gasteiger partial charge >= 0.3 is 0 Å². The van der Waals surface area contributed by atoms with Crippen LogP contribution in [-0.4, -0.2) is 22.0 Å². The van der Waals surface area contributed by atoms with Crippen molar-refractivity contribution in [2.45, 2.75) is 4.90 Å². The summed E-state index contributed by atoms with van der Waals surface area (Å²) in [7, 11) is -2.10. The Morgan fingerprint density at radius 1 is 1.53 bits per heavy atom. The van der Waals surface area contributed by atoms with Gasteiger partial charge in [0.2, 0.25) is 10.0 Å². The summed E-state index contributed by atoms with van der Waals surface area (Å²) in [6.45, 7) is 4.19. The molecule has 1 rings (SSSR count). The maximum Gasteiger partial charge on any atom is 0.240 e. The average Bonchev–Trinajstić information content (AvgIpc) is 2.27. The maximum absolute atomic E-state index is 11.5. The summed E-state index contributed by atoms with van der Waals surface area (Å²) in [5, 5.41) is 3.02. The summed E-state index contributed by atoms with van der Waals surface area (Å²) in [6.07, 6.45) is 0. The number of nitrogen functional groups attached to an aromatic ring is 1. The molecule has 0 aliphatic carbocycles. The molecule has 5 nitrogen and oxygen atoms in total. The first kappa shape index (κ1) is 14.0. The molecule has 0 heterocycles. The number of halogens is 1. The lowest BCUT2D eigenvalue weighted by atomic mass is 10.2. The second-order valence-electron chi connectivity index (χ2n) is 3.33. The van der Waals surface area contributed by atoms with E-state index in [1.807, 2.05) is 0 Å². The second kappa shape index (κ2) is 5.52. The maximum atomic E-state index is 11.5. The Kier molecular flexibility index (Phi) is 4.55. The van der Waals surface area contributed by atoms with Crippen molar-refractivity contribution in [3.8, 4) is 0 Å². The van der Waals surface area contributed by atoms with E-state index >= 15 is 0 Å². The number of sulfonamides is 1. The van der Waals surface area contributed by atoms with Gasteiger partial charge < -0.3 is 11.1 Å². The molecule has 0 aromatic heterocycles. The SMILES string of the molecule is C=C(Br)CNc1ccc(S(=O)(=O)NC)cc1N. The van der Waals surface area contributed by atoms with Crippen LogP contribution in [0.1, 0.15) is 0 Å². The monoisotopic (exact) mass is 319 g/mol. The van der Waals surface area contributed by atoms with Gasteiger partial charge in [-0.2, -0.15) is 0 Å². The zero-order valence-corrected chi connectivity index (χ0v) is 11.7. The molecule has 0 atom stereocenters. The van der Waals surface area contributed by atoms with Crippen LogP contribution >= 0.6 is 15.9 Å². The van der Waals surface area contributed by atoms with Gasteiger partial charge in [0.15, 0.2) is 0 Å². The smallest absolute Gasteiger partial charge is 0.240 e. The molecular weight excluding hydrogens is 306 g/mol. The Labute approximate surface area is 109 Å². The summed E-state index contributed by atoms with van der Waals surface area (Å²) in [5.74, 6) is 0. The van der Waals surface area contributed by atoms with E-state index in [0.717, 1.165) is 4.48 Å². The van der Waals surface area contributed by atoms with Crippen molar-refractivity contribution in [1.29, 1.82) is 0 Å². The number of benzene rings is 1. The lowest BCUT2D eigenvalue weighted by Gasteiger charge is -2.10. The average molecular weight is 320 g/mol.